The number of nitrogens with zero attached hydrogens (tertiary/aromatic N) is 1. The lowest BCUT2D eigenvalue weighted by molar-refractivity contribution is -0.145. The van der Waals surface area contributed by atoms with Gasteiger partial charge in [-0.05, 0) is 60.2 Å². The number of benzene rings is 3. The summed E-state index contributed by atoms with van der Waals surface area (Å²) in [7, 11) is 0. The van der Waals surface area contributed by atoms with Crippen LogP contribution in [0, 0.1) is 12.3 Å². The van der Waals surface area contributed by atoms with Gasteiger partial charge in [0.25, 0.3) is 0 Å². The van der Waals surface area contributed by atoms with Gasteiger partial charge in [-0.1, -0.05) is 78.4 Å². The van der Waals surface area contributed by atoms with Crippen molar-refractivity contribution in [1.29, 1.82) is 0 Å². The number of carboxylic acids is 1. The first-order chi connectivity index (χ1) is 17.8. The van der Waals surface area contributed by atoms with Crippen LogP contribution >= 0.6 is 0 Å². The highest BCUT2D eigenvalue weighted by Crippen LogP contribution is 2.37. The molecule has 0 aromatic heterocycles. The highest BCUT2D eigenvalue weighted by atomic mass is 16.5. The maximum absolute atomic E-state index is 12.8. The molecule has 0 heterocycles. The lowest BCUT2D eigenvalue weighted by Crippen LogP contribution is -2.32. The van der Waals surface area contributed by atoms with E-state index in [4.69, 9.17) is 16.2 Å². The largest absolute Gasteiger partial charge is 0.481 e. The van der Waals surface area contributed by atoms with Gasteiger partial charge in [0.15, 0.2) is 5.96 Å². The number of carboxylic acid groups (broad SMARTS) is 1. The SMILES string of the molecule is Cc1ccc(CC2(C(=O)O)C=CC(c3ccc(OC(=O)c4ccccc4CN=C(N)N)cc3)=CC2)cc1. The molecule has 0 radical (unpaired) electrons. The van der Waals surface area contributed by atoms with E-state index in [0.29, 0.717) is 29.7 Å². The molecule has 0 aliphatic heterocycles. The van der Waals surface area contributed by atoms with Gasteiger partial charge in [0, 0.05) is 0 Å². The Labute approximate surface area is 215 Å². The maximum atomic E-state index is 12.8. The van der Waals surface area contributed by atoms with Crippen LogP contribution in [-0.2, 0) is 17.8 Å². The summed E-state index contributed by atoms with van der Waals surface area (Å²) in [6, 6.07) is 22.0. The van der Waals surface area contributed by atoms with Gasteiger partial charge in [0.2, 0.25) is 0 Å². The molecule has 3 aromatic carbocycles. The summed E-state index contributed by atoms with van der Waals surface area (Å²) in [5, 5.41) is 10.0. The molecule has 4 rings (SSSR count). The Bertz CT molecular complexity index is 1390. The lowest BCUT2D eigenvalue weighted by Gasteiger charge is -2.28. The third-order valence-corrected chi connectivity index (χ3v) is 6.40. The summed E-state index contributed by atoms with van der Waals surface area (Å²) in [6.07, 6.45) is 6.38. The summed E-state index contributed by atoms with van der Waals surface area (Å²) in [4.78, 5) is 28.9. The molecular weight excluding hydrogens is 466 g/mol. The molecule has 188 valence electrons. The third-order valence-electron chi connectivity index (χ3n) is 6.40. The van der Waals surface area contributed by atoms with Crippen LogP contribution in [0.4, 0.5) is 0 Å². The first-order valence-electron chi connectivity index (χ1n) is 11.9. The second-order valence-electron chi connectivity index (χ2n) is 9.13. The Morgan fingerprint density at radius 2 is 1.70 bits per heavy atom. The first-order valence-corrected chi connectivity index (χ1v) is 11.9. The summed E-state index contributed by atoms with van der Waals surface area (Å²) in [5.41, 5.74) is 14.8. The van der Waals surface area contributed by atoms with Crippen LogP contribution in [0.2, 0.25) is 0 Å². The molecule has 0 saturated heterocycles. The predicted octanol–water partition coefficient (Wildman–Crippen LogP) is 4.64. The highest BCUT2D eigenvalue weighted by Gasteiger charge is 2.36. The molecular formula is C30H29N3O4. The van der Waals surface area contributed by atoms with Gasteiger partial charge in [-0.3, -0.25) is 4.79 Å². The average Bonchev–Trinajstić information content (AvgIpc) is 2.90. The van der Waals surface area contributed by atoms with Crippen LogP contribution in [0.25, 0.3) is 5.57 Å². The van der Waals surface area contributed by atoms with Crippen LogP contribution in [-0.4, -0.2) is 23.0 Å². The van der Waals surface area contributed by atoms with Gasteiger partial charge in [-0.15, -0.1) is 0 Å². The van der Waals surface area contributed by atoms with Crippen molar-refractivity contribution < 1.29 is 19.4 Å². The van der Waals surface area contributed by atoms with Gasteiger partial charge in [0.1, 0.15) is 5.75 Å². The number of hydrogen-bond donors (Lipinski definition) is 3. The van der Waals surface area contributed by atoms with E-state index in [0.717, 1.165) is 22.3 Å². The van der Waals surface area contributed by atoms with Crippen LogP contribution in [0.5, 0.6) is 5.75 Å². The first kappa shape index (κ1) is 25.4. The minimum Gasteiger partial charge on any atom is -0.481 e. The number of esters is 1. The van der Waals surface area contributed by atoms with E-state index < -0.39 is 17.4 Å². The monoisotopic (exact) mass is 495 g/mol. The van der Waals surface area contributed by atoms with Gasteiger partial charge in [0.05, 0.1) is 17.5 Å². The summed E-state index contributed by atoms with van der Waals surface area (Å²) in [5.74, 6) is -1.01. The number of aryl methyl sites for hydroxylation is 1. The molecule has 37 heavy (non-hydrogen) atoms. The van der Waals surface area contributed by atoms with E-state index >= 15 is 0 Å². The van der Waals surface area contributed by atoms with Crippen molar-refractivity contribution in [3.05, 3.63) is 119 Å². The normalized spacial score (nSPS) is 16.5. The molecule has 0 saturated carbocycles. The van der Waals surface area contributed by atoms with E-state index in [1.165, 1.54) is 0 Å². The number of aliphatic carboxylic acids is 1. The molecule has 5 N–H and O–H groups in total. The van der Waals surface area contributed by atoms with Crippen LogP contribution in [0.15, 0.2) is 96.0 Å². The average molecular weight is 496 g/mol. The van der Waals surface area contributed by atoms with Crippen molar-refractivity contribution in [1.82, 2.24) is 0 Å². The van der Waals surface area contributed by atoms with E-state index in [1.807, 2.05) is 55.5 Å². The summed E-state index contributed by atoms with van der Waals surface area (Å²) >= 11 is 0. The number of aliphatic imine (C=N–C) groups is 1. The number of ether oxygens (including phenoxy) is 1. The molecule has 1 atom stereocenters. The number of rotatable bonds is 8. The number of carbonyl (C=O) groups is 2. The summed E-state index contributed by atoms with van der Waals surface area (Å²) < 4.78 is 5.56. The number of nitrogens with two attached hydrogens (primary N) is 2. The van der Waals surface area contributed by atoms with Crippen molar-refractivity contribution in [2.45, 2.75) is 26.3 Å². The van der Waals surface area contributed by atoms with Crippen LogP contribution < -0.4 is 16.2 Å². The molecule has 3 aromatic rings. The fourth-order valence-corrected chi connectivity index (χ4v) is 4.24. The molecule has 0 fully saturated rings. The second-order valence-corrected chi connectivity index (χ2v) is 9.13. The van der Waals surface area contributed by atoms with Gasteiger partial charge in [-0.2, -0.15) is 0 Å². The highest BCUT2D eigenvalue weighted by molar-refractivity contribution is 5.93. The molecule has 7 nitrogen and oxygen atoms in total. The zero-order valence-electron chi connectivity index (χ0n) is 20.6. The fourth-order valence-electron chi connectivity index (χ4n) is 4.24. The zero-order valence-corrected chi connectivity index (χ0v) is 20.6. The van der Waals surface area contributed by atoms with Crippen molar-refractivity contribution in [3.8, 4) is 5.75 Å². The Morgan fingerprint density at radius 1 is 1.00 bits per heavy atom. The smallest absolute Gasteiger partial charge is 0.343 e. The summed E-state index contributed by atoms with van der Waals surface area (Å²) in [6.45, 7) is 2.18. The molecule has 0 spiro atoms. The van der Waals surface area contributed by atoms with Crippen LogP contribution in [0.1, 0.15) is 39.0 Å². The Morgan fingerprint density at radius 3 is 2.32 bits per heavy atom. The van der Waals surface area contributed by atoms with E-state index in [1.54, 1.807) is 42.5 Å². The standard InChI is InChI=1S/C30H29N3O4/c1-20-6-8-21(9-7-20)18-30(28(35)36)16-14-23(15-17-30)22-10-12-25(13-11-22)37-27(34)26-5-3-2-4-24(26)19-33-29(31)32/h2-16H,17-19H2,1H3,(H,35,36)(H4,31,32,33). The Kier molecular flexibility index (Phi) is 7.53. The van der Waals surface area contributed by atoms with Gasteiger partial charge in [-0.25, -0.2) is 9.79 Å². The van der Waals surface area contributed by atoms with E-state index in [2.05, 4.69) is 4.99 Å². The molecule has 7 heteroatoms. The molecule has 1 unspecified atom stereocenters. The minimum absolute atomic E-state index is 0.0550. The topological polar surface area (TPSA) is 128 Å². The van der Waals surface area contributed by atoms with E-state index in [9.17, 15) is 14.7 Å². The van der Waals surface area contributed by atoms with Crippen molar-refractivity contribution in [2.75, 3.05) is 0 Å². The van der Waals surface area contributed by atoms with Crippen molar-refractivity contribution >= 4 is 23.5 Å². The molecule has 1 aliphatic carbocycles. The quantitative estimate of drug-likeness (QED) is 0.181. The maximum Gasteiger partial charge on any atom is 0.343 e. The lowest BCUT2D eigenvalue weighted by atomic mass is 9.74. The second kappa shape index (κ2) is 11.0. The number of guanidine groups is 1. The zero-order chi connectivity index (χ0) is 26.4. The number of hydrogen-bond acceptors (Lipinski definition) is 4. The molecule has 1 aliphatic rings. The Balaban J connectivity index is 1.45. The van der Waals surface area contributed by atoms with Crippen LogP contribution in [0.3, 0.4) is 0 Å². The predicted molar refractivity (Wildman–Crippen MR) is 144 cm³/mol. The van der Waals surface area contributed by atoms with Gasteiger partial charge < -0.3 is 21.3 Å². The molecule has 0 amide bonds. The Hall–Kier alpha value is -4.65. The third kappa shape index (κ3) is 6.13. The van der Waals surface area contributed by atoms with Crippen molar-refractivity contribution in [3.63, 3.8) is 0 Å². The van der Waals surface area contributed by atoms with E-state index in [-0.39, 0.29) is 12.5 Å². The number of carbonyl (C=O) groups excluding carboxylic acids is 1. The number of allylic oxidation sites excluding steroid dienone is 3. The fraction of sp³-hybridized carbons (Fsp3) is 0.167. The minimum atomic E-state index is -0.986. The van der Waals surface area contributed by atoms with Gasteiger partial charge >= 0.3 is 11.9 Å². The molecule has 0 bridgehead atoms. The van der Waals surface area contributed by atoms with Crippen molar-refractivity contribution in [2.24, 2.45) is 21.9 Å².